The van der Waals surface area contributed by atoms with Crippen LogP contribution in [-0.4, -0.2) is 31.1 Å². The van der Waals surface area contributed by atoms with Gasteiger partial charge in [-0.2, -0.15) is 5.26 Å². The molecule has 0 unspecified atom stereocenters. The van der Waals surface area contributed by atoms with E-state index in [0.717, 1.165) is 37.7 Å². The Hall–Kier alpha value is -3.14. The maximum Gasteiger partial charge on any atom is 0.274 e. The number of anilines is 2. The van der Waals surface area contributed by atoms with Gasteiger partial charge < -0.3 is 4.90 Å². The Kier molecular flexibility index (Phi) is 4.06. The zero-order chi connectivity index (χ0) is 16.2. The number of nitro groups is 1. The molecule has 1 aromatic heterocycles. The average Bonchev–Trinajstić information content (AvgIpc) is 2.62. The minimum atomic E-state index is -0.478. The quantitative estimate of drug-likeness (QED) is 0.635. The lowest BCUT2D eigenvalue weighted by Gasteiger charge is -2.32. The Bertz CT molecular complexity index is 749. The molecule has 0 aliphatic carbocycles. The summed E-state index contributed by atoms with van der Waals surface area (Å²) in [6.45, 7) is 3.16. The van der Waals surface area contributed by atoms with E-state index in [-0.39, 0.29) is 5.69 Å². The van der Waals surface area contributed by atoms with Crippen molar-refractivity contribution >= 4 is 17.2 Å². The molecule has 1 N–H and O–H groups in total. The van der Waals surface area contributed by atoms with Crippen LogP contribution in [0.4, 0.5) is 17.2 Å². The summed E-state index contributed by atoms with van der Waals surface area (Å²) in [4.78, 5) is 17.9. The lowest BCUT2D eigenvalue weighted by molar-refractivity contribution is -0.384. The number of aromatic nitrogens is 1. The number of rotatable bonds is 3. The fraction of sp³-hybridized carbons (Fsp3) is 0.250. The van der Waals surface area contributed by atoms with Crippen molar-refractivity contribution in [3.05, 3.63) is 58.3 Å². The van der Waals surface area contributed by atoms with E-state index < -0.39 is 4.92 Å². The van der Waals surface area contributed by atoms with Crippen LogP contribution in [0.5, 0.6) is 0 Å². The number of nitriles is 1. The highest BCUT2D eigenvalue weighted by Gasteiger charge is 2.25. The van der Waals surface area contributed by atoms with Crippen molar-refractivity contribution in [2.24, 2.45) is 0 Å². The summed E-state index contributed by atoms with van der Waals surface area (Å²) in [5, 5.41) is 20.1. The van der Waals surface area contributed by atoms with Crippen LogP contribution in [-0.2, 0) is 0 Å². The van der Waals surface area contributed by atoms with Gasteiger partial charge in [0.05, 0.1) is 35.5 Å². The number of non-ortho nitro benzene ring substituents is 1. The lowest BCUT2D eigenvalue weighted by atomic mass is 10.1. The van der Waals surface area contributed by atoms with Gasteiger partial charge in [0.1, 0.15) is 19.2 Å². The Balaban J connectivity index is 1.75. The molecule has 0 spiro atoms. The molecule has 23 heavy (non-hydrogen) atoms. The van der Waals surface area contributed by atoms with E-state index in [2.05, 4.69) is 20.9 Å². The van der Waals surface area contributed by atoms with Gasteiger partial charge in [-0.15, -0.1) is 0 Å². The first-order valence-electron chi connectivity index (χ1n) is 7.34. The highest BCUT2D eigenvalue weighted by Crippen LogP contribution is 2.26. The van der Waals surface area contributed by atoms with Gasteiger partial charge in [-0.3, -0.25) is 15.0 Å². The maximum atomic E-state index is 10.8. The van der Waals surface area contributed by atoms with Crippen LogP contribution in [0.1, 0.15) is 5.56 Å². The first-order chi connectivity index (χ1) is 11.2. The van der Waals surface area contributed by atoms with Gasteiger partial charge in [-0.05, 0) is 12.1 Å². The van der Waals surface area contributed by atoms with Crippen LogP contribution in [0, 0.1) is 21.4 Å². The van der Waals surface area contributed by atoms with Gasteiger partial charge in [-0.1, -0.05) is 6.07 Å². The predicted molar refractivity (Wildman–Crippen MR) is 85.2 cm³/mol. The number of hydrogen-bond acceptors (Lipinski definition) is 5. The molecule has 1 fully saturated rings. The first kappa shape index (κ1) is 14.8. The fourth-order valence-corrected chi connectivity index (χ4v) is 2.77. The van der Waals surface area contributed by atoms with Crippen LogP contribution < -0.4 is 14.8 Å². The molecule has 1 aliphatic rings. The van der Waals surface area contributed by atoms with Crippen LogP contribution in [0.25, 0.3) is 0 Å². The van der Waals surface area contributed by atoms with Gasteiger partial charge in [0.15, 0.2) is 0 Å². The molecule has 7 nitrogen and oxygen atoms in total. The Morgan fingerprint density at radius 1 is 1.13 bits per heavy atom. The standard InChI is InChI=1S/C16H15N5O2/c17-12-13-11-14(21(22)23)4-5-15(13)19-7-9-20(10-8-19)16-3-1-2-6-18-16/h1-6,11H,7-10H2/p+1. The SMILES string of the molecule is N#Cc1cc([N+](=O)[O-])ccc1N1CCN(c2cccc[nH+]2)CC1. The van der Waals surface area contributed by atoms with E-state index >= 15 is 0 Å². The molecule has 1 saturated heterocycles. The minimum absolute atomic E-state index is 0.0529. The van der Waals surface area contributed by atoms with E-state index in [1.807, 2.05) is 24.4 Å². The average molecular weight is 310 g/mol. The Morgan fingerprint density at radius 3 is 2.48 bits per heavy atom. The molecule has 1 aromatic carbocycles. The molecule has 0 amide bonds. The van der Waals surface area contributed by atoms with Gasteiger partial charge in [-0.25, -0.2) is 4.98 Å². The highest BCUT2D eigenvalue weighted by molar-refractivity contribution is 5.63. The van der Waals surface area contributed by atoms with Crippen molar-refractivity contribution in [2.45, 2.75) is 0 Å². The number of pyridine rings is 1. The molecule has 1 aliphatic heterocycles. The largest absolute Gasteiger partial charge is 0.363 e. The molecular weight excluding hydrogens is 294 g/mol. The van der Waals surface area contributed by atoms with Crippen LogP contribution in [0.15, 0.2) is 42.6 Å². The third-order valence-electron chi connectivity index (χ3n) is 3.97. The van der Waals surface area contributed by atoms with Crippen LogP contribution in [0.3, 0.4) is 0 Å². The van der Waals surface area contributed by atoms with Crippen LogP contribution in [0.2, 0.25) is 0 Å². The summed E-state index contributed by atoms with van der Waals surface area (Å²) in [6.07, 6.45) is 1.89. The second-order valence-corrected chi connectivity index (χ2v) is 5.29. The molecule has 116 valence electrons. The summed E-state index contributed by atoms with van der Waals surface area (Å²) in [5.41, 5.74) is 1.05. The number of nitrogens with one attached hydrogen (secondary N) is 1. The van der Waals surface area contributed by atoms with Crippen molar-refractivity contribution in [1.82, 2.24) is 0 Å². The second kappa shape index (κ2) is 6.32. The number of aromatic amines is 1. The molecule has 7 heteroatoms. The highest BCUT2D eigenvalue weighted by atomic mass is 16.6. The topological polar surface area (TPSA) is 87.5 Å². The number of H-pyrrole nitrogens is 1. The number of nitro benzene ring substituents is 1. The fourth-order valence-electron chi connectivity index (χ4n) is 2.77. The number of benzene rings is 1. The van der Waals surface area contributed by atoms with Gasteiger partial charge in [0.2, 0.25) is 0 Å². The molecule has 2 heterocycles. The third-order valence-corrected chi connectivity index (χ3v) is 3.97. The van der Waals surface area contributed by atoms with Gasteiger partial charge >= 0.3 is 0 Å². The van der Waals surface area contributed by atoms with Crippen molar-refractivity contribution in [1.29, 1.82) is 5.26 Å². The zero-order valence-electron chi connectivity index (χ0n) is 12.5. The van der Waals surface area contributed by atoms with Crippen molar-refractivity contribution in [2.75, 3.05) is 36.0 Å². The molecule has 0 radical (unpaired) electrons. The summed E-state index contributed by atoms with van der Waals surface area (Å²) >= 11 is 0. The van der Waals surface area contributed by atoms with E-state index in [1.165, 1.54) is 12.1 Å². The summed E-state index contributed by atoms with van der Waals surface area (Å²) < 4.78 is 0. The molecule has 3 rings (SSSR count). The number of piperazine rings is 1. The van der Waals surface area contributed by atoms with Crippen LogP contribution >= 0.6 is 0 Å². The monoisotopic (exact) mass is 310 g/mol. The van der Waals surface area contributed by atoms with Crippen molar-refractivity contribution < 1.29 is 9.91 Å². The molecule has 2 aromatic rings. The summed E-state index contributed by atoms with van der Waals surface area (Å²) in [7, 11) is 0. The minimum Gasteiger partial charge on any atom is -0.363 e. The summed E-state index contributed by atoms with van der Waals surface area (Å²) in [6, 6.07) is 12.5. The second-order valence-electron chi connectivity index (χ2n) is 5.29. The normalized spacial score (nSPS) is 14.4. The molecule has 0 atom stereocenters. The van der Waals surface area contributed by atoms with Crippen molar-refractivity contribution in [3.63, 3.8) is 0 Å². The summed E-state index contributed by atoms with van der Waals surface area (Å²) in [5.74, 6) is 1.07. The molecule has 0 bridgehead atoms. The number of hydrogen-bond donors (Lipinski definition) is 0. The smallest absolute Gasteiger partial charge is 0.274 e. The predicted octanol–water partition coefficient (Wildman–Crippen LogP) is 1.61. The van der Waals surface area contributed by atoms with Crippen molar-refractivity contribution in [3.8, 4) is 6.07 Å². The third kappa shape index (κ3) is 3.06. The Morgan fingerprint density at radius 2 is 1.87 bits per heavy atom. The first-order valence-corrected chi connectivity index (χ1v) is 7.34. The maximum absolute atomic E-state index is 10.8. The zero-order valence-corrected chi connectivity index (χ0v) is 12.5. The van der Waals surface area contributed by atoms with E-state index in [0.29, 0.717) is 5.56 Å². The Labute approximate surface area is 133 Å². The van der Waals surface area contributed by atoms with E-state index in [1.54, 1.807) is 6.07 Å². The van der Waals surface area contributed by atoms with E-state index in [9.17, 15) is 15.4 Å². The van der Waals surface area contributed by atoms with Gasteiger partial charge in [0, 0.05) is 18.2 Å². The molecule has 0 saturated carbocycles. The lowest BCUT2D eigenvalue weighted by Crippen LogP contribution is -2.48. The number of nitrogens with zero attached hydrogens (tertiary/aromatic N) is 4. The van der Waals surface area contributed by atoms with Gasteiger partial charge in [0.25, 0.3) is 11.5 Å². The van der Waals surface area contributed by atoms with E-state index in [4.69, 9.17) is 0 Å². The molecular formula is C16H16N5O2+.